The summed E-state index contributed by atoms with van der Waals surface area (Å²) in [7, 11) is 0. The fourth-order valence-electron chi connectivity index (χ4n) is 6.42. The molecule has 7 heteroatoms. The summed E-state index contributed by atoms with van der Waals surface area (Å²) in [6, 6.07) is 20.3. The summed E-state index contributed by atoms with van der Waals surface area (Å²) < 4.78 is 31.5. The lowest BCUT2D eigenvalue weighted by molar-refractivity contribution is 0.192. The zero-order valence-corrected chi connectivity index (χ0v) is 23.0. The Bertz CT molecular complexity index is 1510. The van der Waals surface area contributed by atoms with Crippen LogP contribution in [0.1, 0.15) is 48.8 Å². The number of hydrogen-bond donors (Lipinski definition) is 0. The molecule has 5 nitrogen and oxygen atoms in total. The van der Waals surface area contributed by atoms with Gasteiger partial charge >= 0.3 is 5.69 Å². The Morgan fingerprint density at radius 3 is 2.30 bits per heavy atom. The van der Waals surface area contributed by atoms with Crippen molar-refractivity contribution in [3.8, 4) is 0 Å². The van der Waals surface area contributed by atoms with E-state index in [1.54, 1.807) is 10.6 Å². The maximum atomic E-state index is 14.3. The van der Waals surface area contributed by atoms with Crippen LogP contribution < -0.4 is 10.6 Å². The molecule has 0 N–H and O–H groups in total. The lowest BCUT2D eigenvalue weighted by Gasteiger charge is -2.39. The number of imidazole rings is 1. The molecule has 0 saturated carbocycles. The van der Waals surface area contributed by atoms with Crippen molar-refractivity contribution >= 4 is 11.4 Å². The molecular weight excluding hydrogens is 506 g/mol. The van der Waals surface area contributed by atoms with Gasteiger partial charge in [0, 0.05) is 55.4 Å². The molecule has 0 spiro atoms. The lowest BCUT2D eigenvalue weighted by Crippen LogP contribution is -2.45. The van der Waals surface area contributed by atoms with E-state index in [0.29, 0.717) is 13.1 Å². The maximum Gasteiger partial charge on any atom is 0.328 e. The van der Waals surface area contributed by atoms with Gasteiger partial charge in [-0.1, -0.05) is 31.2 Å². The third kappa shape index (κ3) is 5.35. The Morgan fingerprint density at radius 2 is 1.52 bits per heavy atom. The Kier molecular flexibility index (Phi) is 7.57. The topological polar surface area (TPSA) is 33.4 Å². The van der Waals surface area contributed by atoms with Gasteiger partial charge in [-0.3, -0.25) is 9.13 Å². The largest absolute Gasteiger partial charge is 0.337 e. The number of aryl methyl sites for hydroxylation is 2. The Hall–Kier alpha value is -3.71. The average Bonchev–Trinajstić information content (AvgIpc) is 3.48. The van der Waals surface area contributed by atoms with Crippen LogP contribution in [0.25, 0.3) is 0 Å². The molecule has 0 radical (unpaired) electrons. The molecule has 208 valence electrons. The number of unbranched alkanes of at least 4 members (excludes halogenated alkanes) is 1. The van der Waals surface area contributed by atoms with E-state index in [-0.39, 0.29) is 29.3 Å². The lowest BCUT2D eigenvalue weighted by atomic mass is 9.89. The van der Waals surface area contributed by atoms with Crippen LogP contribution in [-0.4, -0.2) is 39.7 Å². The minimum absolute atomic E-state index is 0.0332. The van der Waals surface area contributed by atoms with Crippen LogP contribution in [0.2, 0.25) is 0 Å². The normalized spacial score (nSPS) is 18.6. The highest BCUT2D eigenvalue weighted by Gasteiger charge is 2.42. The van der Waals surface area contributed by atoms with Gasteiger partial charge in [-0.15, -0.1) is 0 Å². The molecule has 40 heavy (non-hydrogen) atoms. The van der Waals surface area contributed by atoms with E-state index >= 15 is 0 Å². The molecule has 2 aliphatic heterocycles. The highest BCUT2D eigenvalue weighted by Crippen LogP contribution is 2.48. The molecule has 2 aliphatic rings. The summed E-state index contributed by atoms with van der Waals surface area (Å²) >= 11 is 0. The van der Waals surface area contributed by atoms with E-state index in [1.165, 1.54) is 23.8 Å². The van der Waals surface area contributed by atoms with Crippen LogP contribution in [-0.2, 0) is 19.5 Å². The second kappa shape index (κ2) is 11.4. The van der Waals surface area contributed by atoms with Gasteiger partial charge in [0.1, 0.15) is 11.6 Å². The monoisotopic (exact) mass is 542 g/mol. The number of benzene rings is 3. The van der Waals surface area contributed by atoms with Crippen molar-refractivity contribution in [1.82, 2.24) is 14.0 Å². The molecule has 3 aromatic carbocycles. The van der Waals surface area contributed by atoms with E-state index < -0.39 is 0 Å². The Balaban J connectivity index is 1.05. The van der Waals surface area contributed by atoms with Gasteiger partial charge in [0.05, 0.1) is 6.54 Å². The number of halogens is 2. The number of aromatic nitrogens is 2. The highest BCUT2D eigenvalue weighted by atomic mass is 19.1. The van der Waals surface area contributed by atoms with Gasteiger partial charge in [0.25, 0.3) is 0 Å². The third-order valence-electron chi connectivity index (χ3n) is 8.57. The molecule has 0 unspecified atom stereocenters. The van der Waals surface area contributed by atoms with Crippen molar-refractivity contribution in [3.05, 3.63) is 118 Å². The van der Waals surface area contributed by atoms with Crippen LogP contribution in [0.3, 0.4) is 0 Å². The van der Waals surface area contributed by atoms with Crippen molar-refractivity contribution in [2.45, 2.75) is 57.7 Å². The molecule has 0 amide bonds. The molecule has 1 saturated heterocycles. The van der Waals surface area contributed by atoms with Crippen LogP contribution >= 0.6 is 0 Å². The number of piperidine rings is 1. The molecule has 0 bridgehead atoms. The molecule has 3 heterocycles. The summed E-state index contributed by atoms with van der Waals surface area (Å²) in [6.07, 6.45) is 7.65. The first-order valence-corrected chi connectivity index (χ1v) is 14.4. The molecule has 1 aromatic heterocycles. The van der Waals surface area contributed by atoms with Crippen molar-refractivity contribution < 1.29 is 8.78 Å². The van der Waals surface area contributed by atoms with Gasteiger partial charge in [-0.2, -0.15) is 0 Å². The number of nitrogens with zero attached hydrogens (tertiary/aromatic N) is 4. The average molecular weight is 543 g/mol. The van der Waals surface area contributed by atoms with Crippen LogP contribution in [0.4, 0.5) is 20.2 Å². The molecule has 0 aliphatic carbocycles. The number of likely N-dealkylation sites (tertiary alicyclic amines) is 1. The molecular formula is C33H36F2N4O. The van der Waals surface area contributed by atoms with Crippen molar-refractivity contribution in [2.24, 2.45) is 0 Å². The van der Waals surface area contributed by atoms with Crippen molar-refractivity contribution in [3.63, 3.8) is 0 Å². The van der Waals surface area contributed by atoms with Gasteiger partial charge < -0.3 is 9.80 Å². The summed E-state index contributed by atoms with van der Waals surface area (Å²) in [4.78, 5) is 17.6. The van der Waals surface area contributed by atoms with E-state index in [2.05, 4.69) is 41.0 Å². The zero-order chi connectivity index (χ0) is 27.6. The van der Waals surface area contributed by atoms with E-state index in [1.807, 2.05) is 35.2 Å². The Labute approximate surface area is 234 Å². The third-order valence-corrected chi connectivity index (χ3v) is 8.57. The van der Waals surface area contributed by atoms with Gasteiger partial charge in [-0.25, -0.2) is 13.6 Å². The zero-order valence-electron chi connectivity index (χ0n) is 23.0. The standard InChI is InChI=1S/C33H36F2N4O/c1-2-24-5-7-25(8-6-24)22-38-20-19-37(33(38)40)17-4-3-16-36-18-15-32-30(23-36)29-21-27(35)11-14-31(29)39(32)28-12-9-26(34)10-13-28/h5-14,19-21,30,32H,2-4,15-18,22-23H2,1H3/t30-,32+/m0/s1. The first kappa shape index (κ1) is 26.5. The van der Waals surface area contributed by atoms with Gasteiger partial charge in [-0.05, 0) is 91.4 Å². The summed E-state index contributed by atoms with van der Waals surface area (Å²) in [5.74, 6) is -0.271. The predicted molar refractivity (Wildman–Crippen MR) is 155 cm³/mol. The van der Waals surface area contributed by atoms with E-state index in [9.17, 15) is 13.6 Å². The molecule has 1 fully saturated rings. The SMILES string of the molecule is CCc1ccc(Cn2ccn(CCCCN3CC[C@@H]4[C@@H](C3)c3cc(F)ccc3N4c3ccc(F)cc3)c2=O)cc1. The predicted octanol–water partition coefficient (Wildman–Crippen LogP) is 6.33. The van der Waals surface area contributed by atoms with Gasteiger partial charge in [0.2, 0.25) is 0 Å². The minimum Gasteiger partial charge on any atom is -0.337 e. The van der Waals surface area contributed by atoms with Crippen molar-refractivity contribution in [1.29, 1.82) is 0 Å². The molecule has 4 aromatic rings. The number of rotatable bonds is 9. The van der Waals surface area contributed by atoms with Gasteiger partial charge in [0.15, 0.2) is 0 Å². The van der Waals surface area contributed by atoms with Crippen LogP contribution in [0.5, 0.6) is 0 Å². The minimum atomic E-state index is -0.255. The Morgan fingerprint density at radius 1 is 0.825 bits per heavy atom. The highest BCUT2D eigenvalue weighted by molar-refractivity contribution is 5.73. The number of fused-ring (bicyclic) bond motifs is 3. The van der Waals surface area contributed by atoms with E-state index in [4.69, 9.17) is 0 Å². The summed E-state index contributed by atoms with van der Waals surface area (Å²) in [6.45, 7) is 6.20. The summed E-state index contributed by atoms with van der Waals surface area (Å²) in [5.41, 5.74) is 5.47. The molecule has 2 atom stereocenters. The second-order valence-corrected chi connectivity index (χ2v) is 11.1. The summed E-state index contributed by atoms with van der Waals surface area (Å²) in [5, 5.41) is 0. The fourth-order valence-corrected chi connectivity index (χ4v) is 6.42. The quantitative estimate of drug-likeness (QED) is 0.232. The number of anilines is 2. The van der Waals surface area contributed by atoms with Crippen LogP contribution in [0.15, 0.2) is 83.9 Å². The number of hydrogen-bond acceptors (Lipinski definition) is 3. The van der Waals surface area contributed by atoms with Crippen LogP contribution in [0, 0.1) is 11.6 Å². The molecule has 6 rings (SSSR count). The second-order valence-electron chi connectivity index (χ2n) is 11.1. The van der Waals surface area contributed by atoms with Crippen molar-refractivity contribution in [2.75, 3.05) is 24.5 Å². The maximum absolute atomic E-state index is 14.3. The fraction of sp³-hybridized carbons (Fsp3) is 0.364. The smallest absolute Gasteiger partial charge is 0.328 e. The first-order chi connectivity index (χ1) is 19.5. The van der Waals surface area contributed by atoms with E-state index in [0.717, 1.165) is 67.8 Å². The first-order valence-electron chi connectivity index (χ1n) is 14.4.